The van der Waals surface area contributed by atoms with Crippen molar-refractivity contribution in [1.29, 1.82) is 5.26 Å². The summed E-state index contributed by atoms with van der Waals surface area (Å²) < 4.78 is 4.26. The van der Waals surface area contributed by atoms with Gasteiger partial charge in [-0.3, -0.25) is 4.79 Å². The Morgan fingerprint density at radius 2 is 2.08 bits per heavy atom. The average molecular weight is 183 g/mol. The fraction of sp³-hybridized carbons (Fsp3) is 0.286. The van der Waals surface area contributed by atoms with Crippen molar-refractivity contribution in [3.05, 3.63) is 11.4 Å². The van der Waals surface area contributed by atoms with Crippen LogP contribution in [0.15, 0.2) is 11.4 Å². The second-order valence-electron chi connectivity index (χ2n) is 2.07. The van der Waals surface area contributed by atoms with Gasteiger partial charge in [0.25, 0.3) is 0 Å². The molecule has 0 aliphatic carbocycles. The van der Waals surface area contributed by atoms with Crippen molar-refractivity contribution < 1.29 is 14.3 Å². The Bertz CT molecular complexity index is 301. The topological polar surface area (TPSA) is 105 Å². The predicted molar refractivity (Wildman–Crippen MR) is 42.7 cm³/mol. The molecule has 13 heavy (non-hydrogen) atoms. The third kappa shape index (κ3) is 3.25. The molecule has 0 atom stereocenters. The van der Waals surface area contributed by atoms with E-state index in [1.54, 1.807) is 0 Å². The number of hydrogen-bond acceptors (Lipinski definition) is 5. The molecule has 0 bridgehead atoms. The number of hydrogen-bond donors (Lipinski definition) is 2. The van der Waals surface area contributed by atoms with E-state index in [-0.39, 0.29) is 5.82 Å². The van der Waals surface area contributed by atoms with Gasteiger partial charge < -0.3 is 15.8 Å². The molecular formula is C7H9N3O3. The summed E-state index contributed by atoms with van der Waals surface area (Å²) >= 11 is 0. The Balaban J connectivity index is 4.82. The van der Waals surface area contributed by atoms with Crippen LogP contribution >= 0.6 is 0 Å². The van der Waals surface area contributed by atoms with Gasteiger partial charge in [-0.1, -0.05) is 0 Å². The monoisotopic (exact) mass is 183 g/mol. The van der Waals surface area contributed by atoms with E-state index >= 15 is 0 Å². The molecule has 0 aliphatic heterocycles. The highest BCUT2D eigenvalue weighted by Gasteiger charge is 2.14. The van der Waals surface area contributed by atoms with Crippen molar-refractivity contribution in [2.24, 2.45) is 5.73 Å². The van der Waals surface area contributed by atoms with Crippen molar-refractivity contribution in [2.45, 2.75) is 6.92 Å². The first-order valence-electron chi connectivity index (χ1n) is 3.28. The second kappa shape index (κ2) is 4.77. The normalized spacial score (nSPS) is 10.8. The first-order chi connectivity index (χ1) is 6.02. The standard InChI is InChI=1S/C7H9N3O3/c1-4(11)10-6(9)5(3-8)7(12)13-2/h9H2,1-2H3,(H,10,11)/b6-5-. The van der Waals surface area contributed by atoms with Gasteiger partial charge in [-0.25, -0.2) is 4.79 Å². The quantitative estimate of drug-likeness (QED) is 0.324. The van der Waals surface area contributed by atoms with Crippen LogP contribution in [0.4, 0.5) is 0 Å². The molecule has 0 fully saturated rings. The summed E-state index contributed by atoms with van der Waals surface area (Å²) in [6.07, 6.45) is 0. The first-order valence-corrected chi connectivity index (χ1v) is 3.28. The van der Waals surface area contributed by atoms with Crippen LogP contribution in [-0.2, 0) is 14.3 Å². The molecule has 0 rings (SSSR count). The van der Waals surface area contributed by atoms with Gasteiger partial charge in [0.15, 0.2) is 5.57 Å². The number of nitrogens with one attached hydrogen (secondary N) is 1. The van der Waals surface area contributed by atoms with Crippen molar-refractivity contribution in [2.75, 3.05) is 7.11 Å². The molecule has 0 aromatic heterocycles. The van der Waals surface area contributed by atoms with Crippen LogP contribution in [0.5, 0.6) is 0 Å². The molecule has 70 valence electrons. The highest BCUT2D eigenvalue weighted by atomic mass is 16.5. The van der Waals surface area contributed by atoms with Crippen molar-refractivity contribution in [3.8, 4) is 6.07 Å². The molecule has 0 aromatic carbocycles. The number of nitriles is 1. The SMILES string of the molecule is COC(=O)/C(C#N)=C(/N)NC(C)=O. The summed E-state index contributed by atoms with van der Waals surface area (Å²) in [6.45, 7) is 1.21. The molecule has 6 nitrogen and oxygen atoms in total. The number of ether oxygens (including phenoxy) is 1. The summed E-state index contributed by atoms with van der Waals surface area (Å²) in [7, 11) is 1.11. The maximum atomic E-state index is 10.8. The van der Waals surface area contributed by atoms with Crippen LogP contribution < -0.4 is 11.1 Å². The van der Waals surface area contributed by atoms with E-state index in [4.69, 9.17) is 11.0 Å². The zero-order chi connectivity index (χ0) is 10.4. The average Bonchev–Trinajstić information content (AvgIpc) is 2.03. The lowest BCUT2D eigenvalue weighted by atomic mass is 10.3. The maximum Gasteiger partial charge on any atom is 0.352 e. The predicted octanol–water partition coefficient (Wildman–Crippen LogP) is -1.01. The minimum atomic E-state index is -0.881. The number of carbonyl (C=O) groups excluding carboxylic acids is 2. The number of amides is 1. The fourth-order valence-corrected chi connectivity index (χ4v) is 0.570. The molecule has 3 N–H and O–H groups in total. The molecule has 0 spiro atoms. The Morgan fingerprint density at radius 3 is 2.38 bits per heavy atom. The van der Waals surface area contributed by atoms with E-state index in [0.29, 0.717) is 0 Å². The van der Waals surface area contributed by atoms with Crippen LogP contribution in [0.25, 0.3) is 0 Å². The van der Waals surface area contributed by atoms with Gasteiger partial charge in [0, 0.05) is 6.92 Å². The smallest absolute Gasteiger partial charge is 0.352 e. The van der Waals surface area contributed by atoms with Crippen LogP contribution in [0.3, 0.4) is 0 Å². The molecule has 0 radical (unpaired) electrons. The van der Waals surface area contributed by atoms with E-state index in [1.807, 2.05) is 0 Å². The molecular weight excluding hydrogens is 174 g/mol. The molecule has 0 saturated carbocycles. The number of esters is 1. The summed E-state index contributed by atoms with van der Waals surface area (Å²) in [4.78, 5) is 21.3. The van der Waals surface area contributed by atoms with Crippen molar-refractivity contribution >= 4 is 11.9 Å². The minimum absolute atomic E-state index is 0.304. The molecule has 0 unspecified atom stereocenters. The van der Waals surface area contributed by atoms with Gasteiger partial charge in [0.2, 0.25) is 5.91 Å². The fourth-order valence-electron chi connectivity index (χ4n) is 0.570. The summed E-state index contributed by atoms with van der Waals surface area (Å²) in [5.41, 5.74) is 4.81. The highest BCUT2D eigenvalue weighted by Crippen LogP contribution is 1.97. The Labute approximate surface area is 75.0 Å². The third-order valence-corrected chi connectivity index (χ3v) is 1.08. The summed E-state index contributed by atoms with van der Waals surface area (Å²) in [6, 6.07) is 1.52. The van der Waals surface area contributed by atoms with E-state index in [1.165, 1.54) is 13.0 Å². The maximum absolute atomic E-state index is 10.8. The van der Waals surface area contributed by atoms with Crippen molar-refractivity contribution in [3.63, 3.8) is 0 Å². The van der Waals surface area contributed by atoms with Crippen molar-refractivity contribution in [1.82, 2.24) is 5.32 Å². The largest absolute Gasteiger partial charge is 0.465 e. The molecule has 6 heteroatoms. The van der Waals surface area contributed by atoms with E-state index in [2.05, 4.69) is 10.1 Å². The molecule has 1 amide bonds. The molecule has 0 heterocycles. The second-order valence-corrected chi connectivity index (χ2v) is 2.07. The zero-order valence-electron chi connectivity index (χ0n) is 7.25. The number of methoxy groups -OCH3 is 1. The third-order valence-electron chi connectivity index (χ3n) is 1.08. The summed E-state index contributed by atoms with van der Waals surface area (Å²) in [5, 5.41) is 10.6. The van der Waals surface area contributed by atoms with Crippen LogP contribution in [0.1, 0.15) is 6.92 Å². The van der Waals surface area contributed by atoms with E-state index < -0.39 is 17.4 Å². The number of nitrogens with zero attached hydrogens (tertiary/aromatic N) is 1. The molecule has 0 aromatic rings. The van der Waals surface area contributed by atoms with Gasteiger partial charge in [-0.2, -0.15) is 5.26 Å². The minimum Gasteiger partial charge on any atom is -0.465 e. The number of carbonyl (C=O) groups is 2. The van der Waals surface area contributed by atoms with Gasteiger partial charge in [0.1, 0.15) is 11.9 Å². The van der Waals surface area contributed by atoms with Gasteiger partial charge in [-0.05, 0) is 0 Å². The zero-order valence-corrected chi connectivity index (χ0v) is 7.25. The number of nitrogens with two attached hydrogens (primary N) is 1. The summed E-state index contributed by atoms with van der Waals surface area (Å²) in [5.74, 6) is -1.65. The first kappa shape index (κ1) is 11.0. The van der Waals surface area contributed by atoms with Gasteiger partial charge in [-0.15, -0.1) is 0 Å². The Hall–Kier alpha value is -2.03. The Morgan fingerprint density at radius 1 is 1.54 bits per heavy atom. The lowest BCUT2D eigenvalue weighted by Crippen LogP contribution is -2.28. The van der Waals surface area contributed by atoms with E-state index in [0.717, 1.165) is 7.11 Å². The lowest BCUT2D eigenvalue weighted by molar-refractivity contribution is -0.135. The van der Waals surface area contributed by atoms with Crippen LogP contribution in [0.2, 0.25) is 0 Å². The van der Waals surface area contributed by atoms with Crippen LogP contribution in [0, 0.1) is 11.3 Å². The van der Waals surface area contributed by atoms with Gasteiger partial charge in [0.05, 0.1) is 7.11 Å². The Kier molecular flexibility index (Phi) is 4.02. The van der Waals surface area contributed by atoms with Crippen LogP contribution in [-0.4, -0.2) is 19.0 Å². The van der Waals surface area contributed by atoms with E-state index in [9.17, 15) is 9.59 Å². The lowest BCUT2D eigenvalue weighted by Gasteiger charge is -2.03. The number of rotatable bonds is 2. The van der Waals surface area contributed by atoms with Gasteiger partial charge >= 0.3 is 5.97 Å². The highest BCUT2D eigenvalue weighted by molar-refractivity contribution is 5.94. The molecule has 0 saturated heterocycles. The molecule has 0 aliphatic rings.